The van der Waals surface area contributed by atoms with Gasteiger partial charge in [0.25, 0.3) is 0 Å². The second kappa shape index (κ2) is 3.67. The number of hydrogen-bond donors (Lipinski definition) is 1. The summed E-state index contributed by atoms with van der Waals surface area (Å²) in [5.74, 6) is -2.15. The first-order chi connectivity index (χ1) is 5.70. The van der Waals surface area contributed by atoms with Crippen LogP contribution in [0.25, 0.3) is 0 Å². The summed E-state index contributed by atoms with van der Waals surface area (Å²) in [4.78, 5) is 20.9. The topological polar surface area (TPSA) is 54.4 Å². The van der Waals surface area contributed by atoms with Crippen molar-refractivity contribution < 1.29 is 14.7 Å². The highest BCUT2D eigenvalue weighted by Crippen LogP contribution is 1.99. The predicted molar refractivity (Wildman–Crippen MR) is 42.8 cm³/mol. The van der Waals surface area contributed by atoms with Crippen molar-refractivity contribution >= 4 is 11.8 Å². The van der Waals surface area contributed by atoms with Gasteiger partial charge >= 0.3 is 5.97 Å². The Kier molecular flexibility index (Phi) is 2.58. The maximum absolute atomic E-state index is 10.7. The molecule has 0 fully saturated rings. The zero-order valence-corrected chi connectivity index (χ0v) is 6.36. The molecule has 0 unspecified atom stereocenters. The second-order valence-corrected chi connectivity index (χ2v) is 2.39. The Balaban J connectivity index is 2.65. The summed E-state index contributed by atoms with van der Waals surface area (Å²) < 4.78 is 0. The Morgan fingerprint density at radius 3 is 2.42 bits per heavy atom. The number of hydrogen-bond acceptors (Lipinski definition) is 2. The van der Waals surface area contributed by atoms with Crippen molar-refractivity contribution in [2.75, 3.05) is 0 Å². The van der Waals surface area contributed by atoms with E-state index in [-0.39, 0.29) is 6.42 Å². The molecule has 1 aromatic carbocycles. The summed E-state index contributed by atoms with van der Waals surface area (Å²) in [5.41, 5.74) is 0.727. The SMILES string of the molecule is O=C(O)C(=[18O])Cc1ccccc1. The van der Waals surface area contributed by atoms with Crippen LogP contribution in [-0.2, 0) is 16.0 Å². The molecule has 62 valence electrons. The van der Waals surface area contributed by atoms with Crippen LogP contribution in [0.5, 0.6) is 0 Å². The zero-order valence-electron chi connectivity index (χ0n) is 6.36. The largest absolute Gasteiger partial charge is 0.475 e. The lowest BCUT2D eigenvalue weighted by molar-refractivity contribution is -0.148. The maximum atomic E-state index is 10.7. The van der Waals surface area contributed by atoms with Crippen molar-refractivity contribution in [1.29, 1.82) is 0 Å². The summed E-state index contributed by atoms with van der Waals surface area (Å²) >= 11 is 0. The van der Waals surface area contributed by atoms with E-state index in [0.29, 0.717) is 0 Å². The van der Waals surface area contributed by atoms with Gasteiger partial charge in [-0.3, -0.25) is 4.79 Å². The van der Waals surface area contributed by atoms with Gasteiger partial charge in [-0.1, -0.05) is 30.3 Å². The van der Waals surface area contributed by atoms with Crippen LogP contribution in [0.4, 0.5) is 0 Å². The lowest BCUT2D eigenvalue weighted by atomic mass is 10.1. The van der Waals surface area contributed by atoms with Crippen LogP contribution in [0.3, 0.4) is 0 Å². The van der Waals surface area contributed by atoms with E-state index in [9.17, 15) is 9.59 Å². The third kappa shape index (κ3) is 2.20. The number of carboxylic acids is 1. The predicted octanol–water partition coefficient (Wildman–Crippen LogP) is 0.883. The van der Waals surface area contributed by atoms with Gasteiger partial charge in [0.05, 0.1) is 0 Å². The Labute approximate surface area is 69.6 Å². The van der Waals surface area contributed by atoms with Crippen molar-refractivity contribution in [3.8, 4) is 0 Å². The van der Waals surface area contributed by atoms with Crippen LogP contribution >= 0.6 is 0 Å². The number of ketones is 1. The Bertz CT molecular complexity index is 290. The number of aliphatic carboxylic acids is 1. The van der Waals surface area contributed by atoms with Gasteiger partial charge in [0.15, 0.2) is 0 Å². The fourth-order valence-electron chi connectivity index (χ4n) is 0.857. The first-order valence-corrected chi connectivity index (χ1v) is 3.50. The average Bonchev–Trinajstić information content (AvgIpc) is 2.06. The van der Waals surface area contributed by atoms with Gasteiger partial charge in [0, 0.05) is 6.42 Å². The molecule has 0 aliphatic heterocycles. The van der Waals surface area contributed by atoms with E-state index in [1.165, 1.54) is 0 Å². The Morgan fingerprint density at radius 1 is 1.33 bits per heavy atom. The van der Waals surface area contributed by atoms with Crippen LogP contribution in [0, 0.1) is 0 Å². The van der Waals surface area contributed by atoms with E-state index in [1.54, 1.807) is 24.3 Å². The van der Waals surface area contributed by atoms with Crippen LogP contribution in [0.15, 0.2) is 30.3 Å². The number of rotatable bonds is 3. The monoisotopic (exact) mass is 166 g/mol. The van der Waals surface area contributed by atoms with Gasteiger partial charge in [-0.05, 0) is 5.56 Å². The summed E-state index contributed by atoms with van der Waals surface area (Å²) in [6.07, 6.45) is -0.0316. The highest BCUT2D eigenvalue weighted by atomic mass is 18.1. The molecule has 1 N–H and O–H groups in total. The molecular formula is C9H8O3. The van der Waals surface area contributed by atoms with Crippen molar-refractivity contribution in [2.24, 2.45) is 0 Å². The highest BCUT2D eigenvalue weighted by Gasteiger charge is 2.10. The van der Waals surface area contributed by atoms with E-state index in [1.807, 2.05) is 6.07 Å². The van der Waals surface area contributed by atoms with Gasteiger partial charge in [-0.2, -0.15) is 0 Å². The maximum Gasteiger partial charge on any atom is 0.372 e. The van der Waals surface area contributed by atoms with Gasteiger partial charge < -0.3 is 5.11 Å². The normalized spacial score (nSPS) is 9.33. The van der Waals surface area contributed by atoms with Crippen molar-refractivity contribution in [1.82, 2.24) is 0 Å². The Hall–Kier alpha value is -1.64. The van der Waals surface area contributed by atoms with Gasteiger partial charge in [0.2, 0.25) is 5.78 Å². The number of carbonyl (C=O) groups is 2. The molecule has 0 radical (unpaired) electrons. The summed E-state index contributed by atoms with van der Waals surface area (Å²) in [5, 5.41) is 8.29. The van der Waals surface area contributed by atoms with Crippen molar-refractivity contribution in [3.05, 3.63) is 35.9 Å². The minimum atomic E-state index is -1.38. The Morgan fingerprint density at radius 2 is 1.92 bits per heavy atom. The summed E-state index contributed by atoms with van der Waals surface area (Å²) in [6, 6.07) is 8.80. The van der Waals surface area contributed by atoms with Gasteiger partial charge in [-0.15, -0.1) is 0 Å². The van der Waals surface area contributed by atoms with Crippen molar-refractivity contribution in [2.45, 2.75) is 6.42 Å². The highest BCUT2D eigenvalue weighted by molar-refractivity contribution is 6.33. The molecule has 0 spiro atoms. The van der Waals surface area contributed by atoms with Crippen LogP contribution in [0.2, 0.25) is 0 Å². The standard InChI is InChI=1S/C9H8O3/c10-8(9(11)12)6-7-4-2-1-3-5-7/h1-5H,6H2,(H,11,12)/i10+2. The number of carbonyl (C=O) groups excluding carboxylic acids is 1. The zero-order chi connectivity index (χ0) is 8.97. The first-order valence-electron chi connectivity index (χ1n) is 3.50. The van der Waals surface area contributed by atoms with E-state index >= 15 is 0 Å². The molecule has 3 heteroatoms. The molecule has 0 heterocycles. The number of carboxylic acid groups (broad SMARTS) is 1. The fourth-order valence-corrected chi connectivity index (χ4v) is 0.857. The van der Waals surface area contributed by atoms with Crippen molar-refractivity contribution in [3.63, 3.8) is 0 Å². The average molecular weight is 166 g/mol. The minimum absolute atomic E-state index is 0.0316. The molecule has 0 saturated carbocycles. The molecule has 0 bridgehead atoms. The number of Topliss-reactive ketones (excluding diaryl/α,β-unsaturated/α-hetero) is 1. The second-order valence-electron chi connectivity index (χ2n) is 2.39. The third-order valence-electron chi connectivity index (χ3n) is 1.45. The fraction of sp³-hybridized carbons (Fsp3) is 0.111. The molecule has 1 rings (SSSR count). The summed E-state index contributed by atoms with van der Waals surface area (Å²) in [6.45, 7) is 0. The van der Waals surface area contributed by atoms with Gasteiger partial charge in [0.1, 0.15) is 0 Å². The van der Waals surface area contributed by atoms with Crippen LogP contribution in [0.1, 0.15) is 5.56 Å². The van der Waals surface area contributed by atoms with E-state index in [2.05, 4.69) is 0 Å². The smallest absolute Gasteiger partial charge is 0.372 e. The molecule has 0 aromatic heterocycles. The van der Waals surface area contributed by atoms with E-state index in [0.717, 1.165) is 5.56 Å². The molecular weight excluding hydrogens is 158 g/mol. The molecule has 0 saturated heterocycles. The first kappa shape index (κ1) is 8.46. The quantitative estimate of drug-likeness (QED) is 0.535. The lowest BCUT2D eigenvalue weighted by Gasteiger charge is -1.94. The number of benzene rings is 1. The third-order valence-corrected chi connectivity index (χ3v) is 1.45. The molecule has 0 aliphatic rings. The summed E-state index contributed by atoms with van der Waals surface area (Å²) in [7, 11) is 0. The van der Waals surface area contributed by atoms with Crippen LogP contribution < -0.4 is 0 Å². The molecule has 0 atom stereocenters. The molecule has 3 nitrogen and oxygen atoms in total. The van der Waals surface area contributed by atoms with Gasteiger partial charge in [-0.25, -0.2) is 4.79 Å². The molecule has 1 aromatic rings. The van der Waals surface area contributed by atoms with Crippen LogP contribution in [-0.4, -0.2) is 16.9 Å². The van der Waals surface area contributed by atoms with E-state index < -0.39 is 11.8 Å². The molecule has 12 heavy (non-hydrogen) atoms. The lowest BCUT2D eigenvalue weighted by Crippen LogP contribution is -2.14. The molecule has 0 aliphatic carbocycles. The minimum Gasteiger partial charge on any atom is -0.475 e. The molecule has 0 amide bonds. The van der Waals surface area contributed by atoms with E-state index in [4.69, 9.17) is 5.11 Å².